The fourth-order valence-corrected chi connectivity index (χ4v) is 4.05. The van der Waals surface area contributed by atoms with Crippen LogP contribution in [0.3, 0.4) is 0 Å². The monoisotopic (exact) mass is 408 g/mol. The van der Waals surface area contributed by atoms with Crippen molar-refractivity contribution in [2.45, 2.75) is 31.1 Å². The number of anilines is 2. The van der Waals surface area contributed by atoms with Gasteiger partial charge in [-0.25, -0.2) is 0 Å². The SMILES string of the molecule is O=C(Nc1cccc(NC(=O)C2(c3ccc(Cl)cc3)CCCC2)c1)c1ccco1. The summed E-state index contributed by atoms with van der Waals surface area (Å²) in [6.45, 7) is 0. The molecule has 0 spiro atoms. The number of carbonyl (C=O) groups is 2. The van der Waals surface area contributed by atoms with Gasteiger partial charge >= 0.3 is 0 Å². The molecule has 0 bridgehead atoms. The fraction of sp³-hybridized carbons (Fsp3) is 0.217. The minimum Gasteiger partial charge on any atom is -0.459 e. The van der Waals surface area contributed by atoms with Crippen LogP contribution in [-0.2, 0) is 10.2 Å². The van der Waals surface area contributed by atoms with Gasteiger partial charge in [-0.15, -0.1) is 0 Å². The molecule has 0 saturated heterocycles. The molecule has 0 aliphatic heterocycles. The lowest BCUT2D eigenvalue weighted by Crippen LogP contribution is -2.38. The van der Waals surface area contributed by atoms with Gasteiger partial charge in [0.2, 0.25) is 5.91 Å². The highest BCUT2D eigenvalue weighted by Crippen LogP contribution is 2.42. The van der Waals surface area contributed by atoms with E-state index in [1.807, 2.05) is 30.3 Å². The van der Waals surface area contributed by atoms with E-state index in [4.69, 9.17) is 16.0 Å². The van der Waals surface area contributed by atoms with Crippen molar-refractivity contribution >= 4 is 34.8 Å². The highest BCUT2D eigenvalue weighted by molar-refractivity contribution is 6.30. The van der Waals surface area contributed by atoms with Crippen LogP contribution in [0, 0.1) is 0 Å². The van der Waals surface area contributed by atoms with Gasteiger partial charge in [-0.05, 0) is 60.9 Å². The van der Waals surface area contributed by atoms with E-state index in [1.165, 1.54) is 6.26 Å². The van der Waals surface area contributed by atoms with Crippen LogP contribution in [-0.4, -0.2) is 11.8 Å². The van der Waals surface area contributed by atoms with E-state index in [2.05, 4.69) is 10.6 Å². The Hall–Kier alpha value is -3.05. The van der Waals surface area contributed by atoms with Crippen LogP contribution in [0.2, 0.25) is 5.02 Å². The van der Waals surface area contributed by atoms with Crippen molar-refractivity contribution in [3.63, 3.8) is 0 Å². The Bertz CT molecular complexity index is 1010. The van der Waals surface area contributed by atoms with Crippen molar-refractivity contribution in [1.29, 1.82) is 0 Å². The summed E-state index contributed by atoms with van der Waals surface area (Å²) in [5, 5.41) is 6.47. The van der Waals surface area contributed by atoms with E-state index in [0.717, 1.165) is 31.2 Å². The first-order chi connectivity index (χ1) is 14.1. The third-order valence-corrected chi connectivity index (χ3v) is 5.66. The Morgan fingerprint density at radius 1 is 0.897 bits per heavy atom. The zero-order valence-electron chi connectivity index (χ0n) is 15.8. The van der Waals surface area contributed by atoms with Crippen molar-refractivity contribution in [2.24, 2.45) is 0 Å². The average molecular weight is 409 g/mol. The van der Waals surface area contributed by atoms with Gasteiger partial charge in [0.25, 0.3) is 5.91 Å². The highest BCUT2D eigenvalue weighted by atomic mass is 35.5. The summed E-state index contributed by atoms with van der Waals surface area (Å²) < 4.78 is 5.11. The number of hydrogen-bond acceptors (Lipinski definition) is 3. The summed E-state index contributed by atoms with van der Waals surface area (Å²) >= 11 is 6.03. The summed E-state index contributed by atoms with van der Waals surface area (Å²) in [5.41, 5.74) is 1.64. The summed E-state index contributed by atoms with van der Waals surface area (Å²) in [6.07, 6.45) is 5.07. The fourth-order valence-electron chi connectivity index (χ4n) is 3.92. The van der Waals surface area contributed by atoms with Crippen molar-refractivity contribution in [2.75, 3.05) is 10.6 Å². The molecule has 1 aliphatic rings. The van der Waals surface area contributed by atoms with E-state index in [9.17, 15) is 9.59 Å². The van der Waals surface area contributed by atoms with Gasteiger partial charge in [-0.3, -0.25) is 9.59 Å². The molecule has 29 heavy (non-hydrogen) atoms. The topological polar surface area (TPSA) is 71.3 Å². The van der Waals surface area contributed by atoms with Crippen LogP contribution >= 0.6 is 11.6 Å². The molecule has 0 atom stereocenters. The lowest BCUT2D eigenvalue weighted by molar-refractivity contribution is -0.121. The molecule has 1 fully saturated rings. The van der Waals surface area contributed by atoms with Crippen LogP contribution in [0.1, 0.15) is 41.8 Å². The summed E-state index contributed by atoms with van der Waals surface area (Å²) in [5.74, 6) is -0.147. The number of rotatable bonds is 5. The quantitative estimate of drug-likeness (QED) is 0.574. The molecule has 3 aromatic rings. The smallest absolute Gasteiger partial charge is 0.291 e. The third kappa shape index (κ3) is 4.05. The van der Waals surface area contributed by atoms with Gasteiger partial charge in [0.1, 0.15) is 0 Å². The standard InChI is InChI=1S/C23H21ClN2O3/c24-17-10-8-16(9-11-17)23(12-1-2-13-23)22(28)26-19-6-3-5-18(15-19)25-21(27)20-7-4-14-29-20/h3-11,14-15H,1-2,12-13H2,(H,25,27)(H,26,28). The van der Waals surface area contributed by atoms with Crippen molar-refractivity contribution < 1.29 is 14.0 Å². The molecule has 0 unspecified atom stereocenters. The van der Waals surface area contributed by atoms with Crippen molar-refractivity contribution in [1.82, 2.24) is 0 Å². The first kappa shape index (κ1) is 19.3. The molecule has 5 nitrogen and oxygen atoms in total. The Morgan fingerprint density at radius 3 is 2.24 bits per heavy atom. The van der Waals surface area contributed by atoms with Crippen LogP contribution < -0.4 is 10.6 Å². The van der Waals surface area contributed by atoms with Crippen molar-refractivity contribution in [3.05, 3.63) is 83.3 Å². The minimum atomic E-state index is -0.558. The van der Waals surface area contributed by atoms with E-state index in [-0.39, 0.29) is 17.6 Å². The maximum atomic E-state index is 13.3. The maximum Gasteiger partial charge on any atom is 0.291 e. The summed E-state index contributed by atoms with van der Waals surface area (Å²) in [7, 11) is 0. The lowest BCUT2D eigenvalue weighted by Gasteiger charge is -2.28. The van der Waals surface area contributed by atoms with Gasteiger partial charge in [-0.1, -0.05) is 42.6 Å². The van der Waals surface area contributed by atoms with E-state index < -0.39 is 5.41 Å². The molecular weight excluding hydrogens is 388 g/mol. The molecule has 1 aromatic heterocycles. The zero-order valence-corrected chi connectivity index (χ0v) is 16.5. The molecule has 4 rings (SSSR count). The molecular formula is C23H21ClN2O3. The number of hydrogen-bond donors (Lipinski definition) is 2. The largest absolute Gasteiger partial charge is 0.459 e. The Balaban J connectivity index is 1.52. The summed E-state index contributed by atoms with van der Waals surface area (Å²) in [4.78, 5) is 25.5. The van der Waals surface area contributed by atoms with E-state index in [1.54, 1.807) is 30.3 Å². The van der Waals surface area contributed by atoms with Gasteiger partial charge in [-0.2, -0.15) is 0 Å². The Labute approximate surface area is 174 Å². The van der Waals surface area contributed by atoms with Crippen LogP contribution in [0.15, 0.2) is 71.3 Å². The number of amides is 2. The molecule has 1 aliphatic carbocycles. The molecule has 2 N–H and O–H groups in total. The Morgan fingerprint density at radius 2 is 1.59 bits per heavy atom. The predicted molar refractivity (Wildman–Crippen MR) is 113 cm³/mol. The molecule has 1 heterocycles. The first-order valence-electron chi connectivity index (χ1n) is 9.59. The van der Waals surface area contributed by atoms with Crippen molar-refractivity contribution in [3.8, 4) is 0 Å². The van der Waals surface area contributed by atoms with Gasteiger partial charge in [0.05, 0.1) is 11.7 Å². The normalized spacial score (nSPS) is 15.1. The van der Waals surface area contributed by atoms with Gasteiger partial charge in [0, 0.05) is 16.4 Å². The van der Waals surface area contributed by atoms with Crippen LogP contribution in [0.5, 0.6) is 0 Å². The lowest BCUT2D eigenvalue weighted by atomic mass is 9.78. The van der Waals surface area contributed by atoms with E-state index in [0.29, 0.717) is 16.4 Å². The molecule has 2 aromatic carbocycles. The predicted octanol–water partition coefficient (Wildman–Crippen LogP) is 5.64. The number of halogens is 1. The zero-order chi connectivity index (χ0) is 20.3. The number of carbonyl (C=O) groups excluding carboxylic acids is 2. The number of benzene rings is 2. The van der Waals surface area contributed by atoms with Gasteiger partial charge in [0.15, 0.2) is 5.76 Å². The molecule has 2 amide bonds. The average Bonchev–Trinajstić information content (AvgIpc) is 3.42. The third-order valence-electron chi connectivity index (χ3n) is 5.41. The summed E-state index contributed by atoms with van der Waals surface area (Å²) in [6, 6.07) is 17.9. The molecule has 1 saturated carbocycles. The molecule has 6 heteroatoms. The highest BCUT2D eigenvalue weighted by Gasteiger charge is 2.42. The molecule has 0 radical (unpaired) electrons. The Kier molecular flexibility index (Phi) is 5.41. The van der Waals surface area contributed by atoms with Gasteiger partial charge < -0.3 is 15.1 Å². The first-order valence-corrected chi connectivity index (χ1v) is 9.97. The molecule has 148 valence electrons. The second kappa shape index (κ2) is 8.13. The second-order valence-corrected chi connectivity index (χ2v) is 7.70. The van der Waals surface area contributed by atoms with E-state index >= 15 is 0 Å². The maximum absolute atomic E-state index is 13.3. The minimum absolute atomic E-state index is 0.0353. The second-order valence-electron chi connectivity index (χ2n) is 7.26. The number of nitrogens with one attached hydrogen (secondary N) is 2. The van der Waals surface area contributed by atoms with Crippen LogP contribution in [0.4, 0.5) is 11.4 Å². The number of furan rings is 1. The van der Waals surface area contributed by atoms with Crippen LogP contribution in [0.25, 0.3) is 0 Å².